The molecule has 0 saturated heterocycles. The molecule has 1 rings (SSSR count). The molecule has 1 heterocycles. The zero-order valence-electron chi connectivity index (χ0n) is 16.0. The zero-order valence-corrected chi connectivity index (χ0v) is 16.0. The SMILES string of the molecule is c1cnccnccnccnccnccnccnccnccnccn1. The molecule has 0 fully saturated rings. The van der Waals surface area contributed by atoms with E-state index in [1.54, 1.807) is 0 Å². The fraction of sp³-hybridized carbons (Fsp3) is 0. The van der Waals surface area contributed by atoms with Gasteiger partial charge in [-0.1, -0.05) is 0 Å². The minimum atomic E-state index is 1.52. The van der Waals surface area contributed by atoms with E-state index in [4.69, 9.17) is 0 Å². The van der Waals surface area contributed by atoms with Crippen LogP contribution in [0.5, 0.6) is 0 Å². The van der Waals surface area contributed by atoms with E-state index in [1.807, 2.05) is 0 Å². The highest BCUT2D eigenvalue weighted by molar-refractivity contribution is 4.73. The van der Waals surface area contributed by atoms with Gasteiger partial charge in [-0.3, -0.25) is 49.8 Å². The third-order valence-electron chi connectivity index (χ3n) is 2.39. The first kappa shape index (κ1) is 23.4. The van der Waals surface area contributed by atoms with E-state index >= 15 is 0 Å². The highest BCUT2D eigenvalue weighted by Crippen LogP contribution is 1.68. The molecule has 0 bridgehead atoms. The lowest BCUT2D eigenvalue weighted by atomic mass is 10.8. The van der Waals surface area contributed by atoms with Crippen molar-refractivity contribution in [1.29, 1.82) is 0 Å². The first-order valence-electron chi connectivity index (χ1n) is 8.50. The summed E-state index contributed by atoms with van der Waals surface area (Å²) in [6.07, 6.45) is 30.4. The van der Waals surface area contributed by atoms with Crippen molar-refractivity contribution in [3.8, 4) is 0 Å². The Morgan fingerprint density at radius 2 is 0.200 bits per heavy atom. The molecule has 0 unspecified atom stereocenters. The monoisotopic (exact) mass is 400 g/mol. The molecule has 0 spiro atoms. The minimum Gasteiger partial charge on any atom is -0.262 e. The van der Waals surface area contributed by atoms with Gasteiger partial charge < -0.3 is 0 Å². The number of hydrogen-bond acceptors (Lipinski definition) is 10. The lowest BCUT2D eigenvalue weighted by molar-refractivity contribution is 1.20. The molecule has 10 heteroatoms. The molecule has 0 aromatic carbocycles. The van der Waals surface area contributed by atoms with Gasteiger partial charge >= 0.3 is 0 Å². The Bertz CT molecular complexity index is 570. The molecule has 0 aliphatic heterocycles. The molecule has 30 heavy (non-hydrogen) atoms. The highest BCUT2D eigenvalue weighted by Gasteiger charge is 1.61. The minimum absolute atomic E-state index is 1.52. The highest BCUT2D eigenvalue weighted by atomic mass is 14.7. The van der Waals surface area contributed by atoms with Crippen LogP contribution < -0.4 is 0 Å². The van der Waals surface area contributed by atoms with Gasteiger partial charge in [0.25, 0.3) is 0 Å². The molecule has 0 radical (unpaired) electrons. The Morgan fingerprint density at radius 1 is 0.133 bits per heavy atom. The van der Waals surface area contributed by atoms with Crippen LogP contribution in [0.25, 0.3) is 0 Å². The lowest BCUT2D eigenvalue weighted by Crippen LogP contribution is -1.66. The molecule has 0 aliphatic carbocycles. The van der Waals surface area contributed by atoms with Crippen LogP contribution in [0.1, 0.15) is 0 Å². The molecule has 1 aromatic rings. The predicted octanol–water partition coefficient (Wildman–Crippen LogP) is 2.38. The van der Waals surface area contributed by atoms with Gasteiger partial charge in [0.1, 0.15) is 0 Å². The standard InChI is InChI=1S/C20H20N10/c1-2-22-5-6-24-9-10-26-13-14-28-17-18-30-20-19-29-16-15-27-12-11-25-8-7-23-4-3-21-1/h1-20H. The van der Waals surface area contributed by atoms with E-state index in [2.05, 4.69) is 49.8 Å². The molecular formula is C20H20N10. The zero-order chi connectivity index (χ0) is 21.2. The van der Waals surface area contributed by atoms with E-state index < -0.39 is 0 Å². The summed E-state index contributed by atoms with van der Waals surface area (Å²) >= 11 is 0. The maximum atomic E-state index is 3.96. The second-order valence-electron chi connectivity index (χ2n) is 4.47. The van der Waals surface area contributed by atoms with Gasteiger partial charge in [0, 0.05) is 124 Å². The molecule has 0 saturated carbocycles. The Hall–Kier alpha value is -4.60. The van der Waals surface area contributed by atoms with Crippen LogP contribution in [-0.2, 0) is 0 Å². The van der Waals surface area contributed by atoms with Crippen molar-refractivity contribution in [2.75, 3.05) is 0 Å². The topological polar surface area (TPSA) is 129 Å². The third kappa shape index (κ3) is 18.2. The smallest absolute Gasteiger partial charge is 0.0451 e. The average molecular weight is 400 g/mol. The van der Waals surface area contributed by atoms with Gasteiger partial charge in [-0.05, 0) is 0 Å². The van der Waals surface area contributed by atoms with Crippen LogP contribution in [0.4, 0.5) is 0 Å². The van der Waals surface area contributed by atoms with E-state index in [0.29, 0.717) is 0 Å². The fourth-order valence-electron chi connectivity index (χ4n) is 1.27. The molecule has 0 N–H and O–H groups in total. The summed E-state index contributed by atoms with van der Waals surface area (Å²) in [5, 5.41) is 0. The first-order chi connectivity index (χ1) is 15.0. The van der Waals surface area contributed by atoms with E-state index in [9.17, 15) is 0 Å². The van der Waals surface area contributed by atoms with E-state index in [0.717, 1.165) is 0 Å². The largest absolute Gasteiger partial charge is 0.262 e. The number of rotatable bonds is 0. The van der Waals surface area contributed by atoms with Crippen LogP contribution >= 0.6 is 0 Å². The normalized spacial score (nSPS) is 8.00. The molecule has 0 aliphatic rings. The molecule has 0 atom stereocenters. The Kier molecular flexibility index (Phi) is 16.2. The van der Waals surface area contributed by atoms with Crippen LogP contribution in [-0.4, -0.2) is 49.8 Å². The summed E-state index contributed by atoms with van der Waals surface area (Å²) in [6.45, 7) is 0. The maximum absolute atomic E-state index is 3.96. The fourth-order valence-corrected chi connectivity index (χ4v) is 1.27. The second kappa shape index (κ2) is 20.7. The van der Waals surface area contributed by atoms with Crippen LogP contribution in [0.2, 0.25) is 0 Å². The summed E-state index contributed by atoms with van der Waals surface area (Å²) in [5.41, 5.74) is 0. The van der Waals surface area contributed by atoms with E-state index in [-0.39, 0.29) is 0 Å². The summed E-state index contributed by atoms with van der Waals surface area (Å²) < 4.78 is 0. The molecule has 150 valence electrons. The number of hydrogen-bond donors (Lipinski definition) is 0. The Morgan fingerprint density at radius 3 is 0.267 bits per heavy atom. The van der Waals surface area contributed by atoms with Crippen molar-refractivity contribution >= 4 is 0 Å². The molecule has 1 aromatic heterocycles. The van der Waals surface area contributed by atoms with Crippen molar-refractivity contribution < 1.29 is 0 Å². The second-order valence-corrected chi connectivity index (χ2v) is 4.47. The van der Waals surface area contributed by atoms with Crippen LogP contribution in [0.15, 0.2) is 124 Å². The molecule has 10 nitrogen and oxygen atoms in total. The van der Waals surface area contributed by atoms with Gasteiger partial charge in [-0.25, -0.2) is 0 Å². The van der Waals surface area contributed by atoms with Gasteiger partial charge in [0.05, 0.1) is 0 Å². The van der Waals surface area contributed by atoms with Crippen molar-refractivity contribution in [2.45, 2.75) is 0 Å². The Balaban J connectivity index is 3.00. The van der Waals surface area contributed by atoms with Gasteiger partial charge in [0.15, 0.2) is 0 Å². The van der Waals surface area contributed by atoms with Crippen molar-refractivity contribution in [2.24, 2.45) is 0 Å². The first-order valence-corrected chi connectivity index (χ1v) is 8.50. The summed E-state index contributed by atoms with van der Waals surface area (Å²) in [4.78, 5) is 39.6. The van der Waals surface area contributed by atoms with Crippen LogP contribution in [0, 0.1) is 0 Å². The van der Waals surface area contributed by atoms with Gasteiger partial charge in [-0.15, -0.1) is 0 Å². The summed E-state index contributed by atoms with van der Waals surface area (Å²) in [6, 6.07) is 0. The third-order valence-corrected chi connectivity index (χ3v) is 2.39. The predicted molar refractivity (Wildman–Crippen MR) is 110 cm³/mol. The molecular weight excluding hydrogens is 380 g/mol. The maximum Gasteiger partial charge on any atom is 0.0451 e. The lowest BCUT2D eigenvalue weighted by Gasteiger charge is -1.70. The Labute approximate surface area is 174 Å². The van der Waals surface area contributed by atoms with Crippen LogP contribution in [0.3, 0.4) is 0 Å². The number of aromatic nitrogens is 10. The summed E-state index contributed by atoms with van der Waals surface area (Å²) in [5.74, 6) is 0. The number of nitrogens with zero attached hydrogens (tertiary/aromatic N) is 10. The molecule has 0 amide bonds. The van der Waals surface area contributed by atoms with Gasteiger partial charge in [0.2, 0.25) is 0 Å². The van der Waals surface area contributed by atoms with Crippen molar-refractivity contribution in [3.63, 3.8) is 0 Å². The quantitative estimate of drug-likeness (QED) is 0.640. The van der Waals surface area contributed by atoms with E-state index in [1.165, 1.54) is 124 Å². The summed E-state index contributed by atoms with van der Waals surface area (Å²) in [7, 11) is 0. The van der Waals surface area contributed by atoms with Crippen molar-refractivity contribution in [1.82, 2.24) is 49.8 Å². The van der Waals surface area contributed by atoms with Gasteiger partial charge in [-0.2, -0.15) is 0 Å². The van der Waals surface area contributed by atoms with Crippen molar-refractivity contribution in [3.05, 3.63) is 124 Å². The average Bonchev–Trinajstić information content (AvgIpc) is 2.76.